The molecule has 1 aliphatic carbocycles. The van der Waals surface area contributed by atoms with E-state index in [4.69, 9.17) is 21.1 Å². The number of anilines is 2. The summed E-state index contributed by atoms with van der Waals surface area (Å²) in [4.78, 5) is 36.1. The zero-order valence-corrected chi connectivity index (χ0v) is 30.5. The number of hydrogen-bond acceptors (Lipinski definition) is 10. The normalized spacial score (nSPS) is 21.0. The number of hydrogen-bond donors (Lipinski definition) is 3. The average Bonchev–Trinajstić information content (AvgIpc) is 3.57. The number of nitrogens with one attached hydrogen (secondary N) is 3. The van der Waals surface area contributed by atoms with Crippen molar-refractivity contribution in [2.75, 3.05) is 30.0 Å². The van der Waals surface area contributed by atoms with Gasteiger partial charge in [-0.05, 0) is 109 Å². The summed E-state index contributed by atoms with van der Waals surface area (Å²) in [5.41, 5.74) is 1.62. The number of likely N-dealkylation sites (tertiary alicyclic amines) is 1. The van der Waals surface area contributed by atoms with E-state index in [1.807, 2.05) is 37.8 Å². The molecule has 16 heteroatoms. The first-order valence-electron chi connectivity index (χ1n) is 16.7. The summed E-state index contributed by atoms with van der Waals surface area (Å²) in [6.07, 6.45) is 2.87. The minimum atomic E-state index is -4.21. The molecule has 0 aromatic carbocycles. The Morgan fingerprint density at radius 1 is 1.18 bits per heavy atom. The molecule has 50 heavy (non-hydrogen) atoms. The molecule has 4 heterocycles. The highest BCUT2D eigenvalue weighted by atomic mass is 35.5. The largest absolute Gasteiger partial charge is 0.444 e. The highest BCUT2D eigenvalue weighted by Gasteiger charge is 2.62. The van der Waals surface area contributed by atoms with Crippen molar-refractivity contribution < 1.29 is 32.2 Å². The van der Waals surface area contributed by atoms with E-state index >= 15 is 0 Å². The maximum atomic E-state index is 13.2. The minimum Gasteiger partial charge on any atom is -0.444 e. The number of carbonyl (C=O) groups is 2. The number of alkyl halides is 3. The zero-order valence-electron chi connectivity index (χ0n) is 28.9. The predicted molar refractivity (Wildman–Crippen MR) is 186 cm³/mol. The van der Waals surface area contributed by atoms with E-state index in [0.717, 1.165) is 43.4 Å². The van der Waals surface area contributed by atoms with Gasteiger partial charge in [0.1, 0.15) is 27.8 Å². The second-order valence-electron chi connectivity index (χ2n) is 14.6. The van der Waals surface area contributed by atoms with Gasteiger partial charge in [-0.2, -0.15) is 18.6 Å². The molecule has 1 saturated carbocycles. The molecule has 0 radical (unpaired) electrons. The smallest absolute Gasteiger partial charge is 0.410 e. The lowest BCUT2D eigenvalue weighted by atomic mass is 9.93. The molecule has 2 amide bonds. The molecule has 2 aromatic heterocycles. The summed E-state index contributed by atoms with van der Waals surface area (Å²) < 4.78 is 53.4. The SMILES string of the molecule is CC(C)(C)OC(=O)N1CC(CCCNc2ccnc(SNC(=O)c3ccc(N4C=CC(OCCC5(C(F)(F)F)CC5)N4)nc3Cl)c2)CC1(C)C. The van der Waals surface area contributed by atoms with Gasteiger partial charge < -0.3 is 19.7 Å². The molecule has 3 N–H and O–H groups in total. The van der Waals surface area contributed by atoms with E-state index in [-0.39, 0.29) is 48.2 Å². The minimum absolute atomic E-state index is 0.0238. The Bertz CT molecular complexity index is 1570. The van der Waals surface area contributed by atoms with Crippen molar-refractivity contribution >= 4 is 47.1 Å². The lowest BCUT2D eigenvalue weighted by Gasteiger charge is -2.33. The Labute approximate surface area is 300 Å². The zero-order chi connectivity index (χ0) is 36.3. The molecule has 3 aliphatic rings. The van der Waals surface area contributed by atoms with Crippen LogP contribution < -0.4 is 20.5 Å². The van der Waals surface area contributed by atoms with E-state index in [9.17, 15) is 22.8 Å². The van der Waals surface area contributed by atoms with Gasteiger partial charge in [-0.25, -0.2) is 14.8 Å². The molecule has 0 bridgehead atoms. The van der Waals surface area contributed by atoms with Crippen LogP contribution in [0.4, 0.5) is 29.5 Å². The fourth-order valence-electron chi connectivity index (χ4n) is 6.13. The molecule has 5 rings (SSSR count). The van der Waals surface area contributed by atoms with Gasteiger partial charge in [0.2, 0.25) is 0 Å². The number of rotatable bonds is 13. The Balaban J connectivity index is 1.03. The second-order valence-corrected chi connectivity index (χ2v) is 15.8. The quantitative estimate of drug-likeness (QED) is 0.107. The Morgan fingerprint density at radius 2 is 1.94 bits per heavy atom. The third-order valence-electron chi connectivity index (χ3n) is 9.01. The Hall–Kier alpha value is -3.27. The van der Waals surface area contributed by atoms with Gasteiger partial charge in [0.05, 0.1) is 11.0 Å². The van der Waals surface area contributed by atoms with Crippen LogP contribution in [0.2, 0.25) is 5.15 Å². The van der Waals surface area contributed by atoms with Gasteiger partial charge in [0.15, 0.2) is 0 Å². The first kappa shape index (κ1) is 38.0. The molecule has 2 aromatic rings. The highest BCUT2D eigenvalue weighted by molar-refractivity contribution is 7.97. The van der Waals surface area contributed by atoms with Crippen molar-refractivity contribution in [1.29, 1.82) is 0 Å². The van der Waals surface area contributed by atoms with Crippen LogP contribution in [0.5, 0.6) is 0 Å². The lowest BCUT2D eigenvalue weighted by Crippen LogP contribution is -2.45. The summed E-state index contributed by atoms with van der Waals surface area (Å²) in [5, 5.41) is 5.49. The van der Waals surface area contributed by atoms with Crippen LogP contribution in [0, 0.1) is 11.3 Å². The number of hydrazine groups is 1. The van der Waals surface area contributed by atoms with Crippen molar-refractivity contribution in [2.45, 2.75) is 102 Å². The van der Waals surface area contributed by atoms with E-state index in [0.29, 0.717) is 23.3 Å². The third-order valence-corrected chi connectivity index (χ3v) is 10.0. The van der Waals surface area contributed by atoms with E-state index < -0.39 is 29.3 Å². The van der Waals surface area contributed by atoms with Gasteiger partial charge in [-0.3, -0.25) is 14.5 Å². The van der Waals surface area contributed by atoms with Crippen molar-refractivity contribution in [1.82, 2.24) is 25.0 Å². The number of aromatic nitrogens is 2. The van der Waals surface area contributed by atoms with Crippen molar-refractivity contribution in [3.05, 3.63) is 53.5 Å². The number of halogens is 4. The first-order chi connectivity index (χ1) is 23.4. The number of amides is 2. The van der Waals surface area contributed by atoms with Gasteiger partial charge in [-0.15, -0.1) is 0 Å². The molecule has 274 valence electrons. The molecule has 11 nitrogen and oxygen atoms in total. The molecule has 2 unspecified atom stereocenters. The van der Waals surface area contributed by atoms with Crippen LogP contribution in [-0.4, -0.2) is 70.1 Å². The molecule has 2 fully saturated rings. The van der Waals surface area contributed by atoms with Crippen LogP contribution in [0.1, 0.15) is 83.5 Å². The topological polar surface area (TPSA) is 121 Å². The average molecular weight is 740 g/mol. The summed E-state index contributed by atoms with van der Waals surface area (Å²) >= 11 is 7.41. The van der Waals surface area contributed by atoms with Gasteiger partial charge in [-0.1, -0.05) is 11.6 Å². The Kier molecular flexibility index (Phi) is 11.5. The van der Waals surface area contributed by atoms with Crippen LogP contribution in [-0.2, 0) is 9.47 Å². The third kappa shape index (κ3) is 9.74. The fraction of sp³-hybridized carbons (Fsp3) is 0.588. The van der Waals surface area contributed by atoms with Gasteiger partial charge in [0, 0.05) is 55.3 Å². The van der Waals surface area contributed by atoms with Crippen LogP contribution in [0.25, 0.3) is 0 Å². The maximum absolute atomic E-state index is 13.2. The van der Waals surface area contributed by atoms with Crippen LogP contribution in [0.3, 0.4) is 0 Å². The summed E-state index contributed by atoms with van der Waals surface area (Å²) in [7, 11) is 0. The number of pyridine rings is 2. The van der Waals surface area contributed by atoms with Gasteiger partial charge in [0.25, 0.3) is 5.91 Å². The molecule has 2 atom stereocenters. The van der Waals surface area contributed by atoms with E-state index in [1.54, 1.807) is 24.5 Å². The van der Waals surface area contributed by atoms with E-state index in [2.05, 4.69) is 39.3 Å². The van der Waals surface area contributed by atoms with Crippen molar-refractivity contribution in [2.24, 2.45) is 11.3 Å². The lowest BCUT2D eigenvalue weighted by molar-refractivity contribution is -0.192. The molecule has 0 spiro atoms. The molecular weight excluding hydrogens is 695 g/mol. The first-order valence-corrected chi connectivity index (χ1v) is 17.9. The highest BCUT2D eigenvalue weighted by Crippen LogP contribution is 2.59. The number of carbonyl (C=O) groups excluding carboxylic acids is 2. The maximum Gasteiger partial charge on any atom is 0.410 e. The predicted octanol–water partition coefficient (Wildman–Crippen LogP) is 7.71. The summed E-state index contributed by atoms with van der Waals surface area (Å²) in [5.74, 6) is 0.318. The molecular formula is C34H45ClF3N7O4S. The van der Waals surface area contributed by atoms with Crippen molar-refractivity contribution in [3.63, 3.8) is 0 Å². The molecule has 1 saturated heterocycles. The standard InChI is InChI=1S/C34H45ClF3N7O4S/c1-31(2,3)49-30(47)44-21-22(20-32(44,4)5)7-6-15-39-23-10-16-40-27(19-23)50-43-29(46)24-8-9-25(41-28(24)35)45-17-11-26(42-45)48-18-14-33(12-13-33)34(36,37)38/h8-11,16-17,19,22,26,42H,6-7,12-15,18,20-21H2,1-5H3,(H,39,40)(H,43,46). The Morgan fingerprint density at radius 3 is 2.62 bits per heavy atom. The summed E-state index contributed by atoms with van der Waals surface area (Å²) in [6, 6.07) is 6.83. The number of ether oxygens (including phenoxy) is 2. The fourth-order valence-corrected chi connectivity index (χ4v) is 6.97. The molecule has 2 aliphatic heterocycles. The summed E-state index contributed by atoms with van der Waals surface area (Å²) in [6.45, 7) is 11.2. The number of nitrogens with zero attached hydrogens (tertiary/aromatic N) is 4. The van der Waals surface area contributed by atoms with Crippen molar-refractivity contribution in [3.8, 4) is 0 Å². The van der Waals surface area contributed by atoms with Gasteiger partial charge >= 0.3 is 12.3 Å². The van der Waals surface area contributed by atoms with Crippen LogP contribution in [0.15, 0.2) is 47.8 Å². The second kappa shape index (κ2) is 15.1. The van der Waals surface area contributed by atoms with E-state index in [1.165, 1.54) is 11.1 Å². The van der Waals surface area contributed by atoms with Crippen LogP contribution >= 0.6 is 23.5 Å². The monoisotopic (exact) mass is 739 g/mol.